The van der Waals surface area contributed by atoms with Gasteiger partial charge in [-0.05, 0) is 5.57 Å². The fourth-order valence-electron chi connectivity index (χ4n) is 1.27. The molecule has 1 aliphatic rings. The first-order chi connectivity index (χ1) is 8.09. The van der Waals surface area contributed by atoms with Gasteiger partial charge >= 0.3 is 17.1 Å². The first-order valence-electron chi connectivity index (χ1n) is 5.31. The van der Waals surface area contributed by atoms with E-state index in [1.807, 2.05) is 48.6 Å². The molecule has 0 bridgehead atoms. The molecule has 1 N–H and O–H groups in total. The number of nitrogens with one attached hydrogen (secondary N) is 1. The van der Waals surface area contributed by atoms with Crippen LogP contribution in [0.15, 0.2) is 59.9 Å². The SMILES string of the molecule is CC(=O)Nc1ccc[cH-]1.CC([O-])=C1C=CC=C1.[Fe+2]. The second-order valence-corrected chi connectivity index (χ2v) is 3.58. The van der Waals surface area contributed by atoms with Crippen LogP contribution in [0.2, 0.25) is 0 Å². The molecule has 3 nitrogen and oxygen atoms in total. The first kappa shape index (κ1) is 16.4. The normalized spacial score (nSPS) is 11.3. The van der Waals surface area contributed by atoms with Crippen LogP contribution in [-0.2, 0) is 21.9 Å². The van der Waals surface area contributed by atoms with Gasteiger partial charge in [-0.3, -0.25) is 4.79 Å². The molecule has 0 radical (unpaired) electrons. The van der Waals surface area contributed by atoms with Gasteiger partial charge in [0.2, 0.25) is 5.91 Å². The van der Waals surface area contributed by atoms with Gasteiger partial charge < -0.3 is 10.4 Å². The van der Waals surface area contributed by atoms with Crippen LogP contribution in [0, 0.1) is 0 Å². The van der Waals surface area contributed by atoms with E-state index < -0.39 is 0 Å². The molecule has 0 atom stereocenters. The van der Waals surface area contributed by atoms with Crippen LogP contribution in [0.1, 0.15) is 13.8 Å². The average molecular weight is 285 g/mol. The molecule has 2 rings (SSSR count). The van der Waals surface area contributed by atoms with Crippen LogP contribution in [0.4, 0.5) is 5.69 Å². The van der Waals surface area contributed by atoms with E-state index in [0.717, 1.165) is 11.3 Å². The van der Waals surface area contributed by atoms with E-state index in [0.29, 0.717) is 0 Å². The van der Waals surface area contributed by atoms with Crippen LogP contribution in [0.5, 0.6) is 0 Å². The summed E-state index contributed by atoms with van der Waals surface area (Å²) < 4.78 is 0. The summed E-state index contributed by atoms with van der Waals surface area (Å²) in [4.78, 5) is 10.4. The largest absolute Gasteiger partial charge is 2.00 e. The molecule has 0 heterocycles. The Kier molecular flexibility index (Phi) is 7.68. The van der Waals surface area contributed by atoms with Crippen molar-refractivity contribution in [1.82, 2.24) is 0 Å². The Morgan fingerprint density at radius 3 is 2.22 bits per heavy atom. The first-order valence-corrected chi connectivity index (χ1v) is 5.31. The van der Waals surface area contributed by atoms with Crippen molar-refractivity contribution in [1.29, 1.82) is 0 Å². The number of hydrogen-bond donors (Lipinski definition) is 1. The van der Waals surface area contributed by atoms with E-state index in [4.69, 9.17) is 0 Å². The van der Waals surface area contributed by atoms with Crippen LogP contribution in [-0.4, -0.2) is 5.91 Å². The number of rotatable bonds is 1. The summed E-state index contributed by atoms with van der Waals surface area (Å²) in [5.74, 6) is 0.108. The topological polar surface area (TPSA) is 52.2 Å². The smallest absolute Gasteiger partial charge is 0.875 e. The predicted octanol–water partition coefficient (Wildman–Crippen LogP) is 2.11. The Balaban J connectivity index is 0.000000306. The quantitative estimate of drug-likeness (QED) is 0.488. The maximum absolute atomic E-state index is 10.5. The van der Waals surface area contributed by atoms with E-state index in [2.05, 4.69) is 5.32 Å². The van der Waals surface area contributed by atoms with Gasteiger partial charge in [0.25, 0.3) is 0 Å². The Bertz CT molecular complexity index is 438. The number of anilines is 1. The number of carbonyl (C=O) groups is 1. The van der Waals surface area contributed by atoms with Crippen molar-refractivity contribution >= 4 is 11.6 Å². The third-order valence-electron chi connectivity index (χ3n) is 2.05. The molecule has 1 aromatic rings. The summed E-state index contributed by atoms with van der Waals surface area (Å²) in [5, 5.41) is 13.2. The molecule has 0 fully saturated rings. The third kappa shape index (κ3) is 6.18. The number of hydrogen-bond acceptors (Lipinski definition) is 2. The summed E-state index contributed by atoms with van der Waals surface area (Å²) in [6.45, 7) is 3.06. The Hall–Kier alpha value is -1.64. The molecular formula is C14H15FeNO2. The van der Waals surface area contributed by atoms with Gasteiger partial charge in [-0.2, -0.15) is 12.1 Å². The fourth-order valence-corrected chi connectivity index (χ4v) is 1.27. The van der Waals surface area contributed by atoms with Crippen LogP contribution in [0.3, 0.4) is 0 Å². The monoisotopic (exact) mass is 285 g/mol. The molecule has 1 amide bonds. The standard InChI is InChI=1S/C7H8NO.C7H8O.Fe/c1-6(9)8-7-4-2-3-5-7;1-6(8)7-4-2-3-5-7;/h2-5H,1H3,(H,8,9);2-5,8H,1H3;/q-1;;+2/p-1. The summed E-state index contributed by atoms with van der Waals surface area (Å²) in [6.07, 6.45) is 7.33. The molecule has 18 heavy (non-hydrogen) atoms. The van der Waals surface area contributed by atoms with Crippen molar-refractivity contribution in [3.8, 4) is 0 Å². The molecule has 96 valence electrons. The van der Waals surface area contributed by atoms with Gasteiger partial charge in [-0.1, -0.05) is 36.9 Å². The molecule has 0 aromatic heterocycles. The molecular weight excluding hydrogens is 270 g/mol. The summed E-state index contributed by atoms with van der Waals surface area (Å²) in [7, 11) is 0. The molecule has 0 aliphatic heterocycles. The van der Waals surface area contributed by atoms with Gasteiger partial charge in [0.1, 0.15) is 0 Å². The molecule has 0 unspecified atom stereocenters. The molecule has 0 saturated carbocycles. The van der Waals surface area contributed by atoms with Gasteiger partial charge in [0.05, 0.1) is 0 Å². The van der Waals surface area contributed by atoms with Gasteiger partial charge in [0.15, 0.2) is 0 Å². The van der Waals surface area contributed by atoms with E-state index in [9.17, 15) is 9.90 Å². The van der Waals surface area contributed by atoms with Gasteiger partial charge in [-0.15, -0.1) is 11.8 Å². The molecule has 1 aromatic carbocycles. The van der Waals surface area contributed by atoms with Crippen LogP contribution in [0.25, 0.3) is 0 Å². The van der Waals surface area contributed by atoms with E-state index in [1.54, 1.807) is 6.92 Å². The minimum atomic E-state index is -0.0267. The van der Waals surface area contributed by atoms with Crippen molar-refractivity contribution in [3.63, 3.8) is 0 Å². The summed E-state index contributed by atoms with van der Waals surface area (Å²) >= 11 is 0. The van der Waals surface area contributed by atoms with Gasteiger partial charge in [-0.25, -0.2) is 6.07 Å². The Morgan fingerprint density at radius 1 is 1.28 bits per heavy atom. The van der Waals surface area contributed by atoms with Crippen molar-refractivity contribution in [3.05, 3.63) is 59.9 Å². The summed E-state index contributed by atoms with van der Waals surface area (Å²) in [6, 6.07) is 7.46. The van der Waals surface area contributed by atoms with Crippen molar-refractivity contribution < 1.29 is 27.0 Å². The average Bonchev–Trinajstić information content (AvgIpc) is 2.87. The van der Waals surface area contributed by atoms with E-state index in [-0.39, 0.29) is 28.7 Å². The Labute approximate surface area is 118 Å². The predicted molar refractivity (Wildman–Crippen MR) is 67.3 cm³/mol. The molecule has 0 spiro atoms. The van der Waals surface area contributed by atoms with Crippen molar-refractivity contribution in [2.75, 3.05) is 5.32 Å². The Morgan fingerprint density at radius 2 is 1.89 bits per heavy atom. The third-order valence-corrected chi connectivity index (χ3v) is 2.05. The zero-order valence-corrected chi connectivity index (χ0v) is 11.4. The zero-order valence-electron chi connectivity index (χ0n) is 10.3. The van der Waals surface area contributed by atoms with E-state index >= 15 is 0 Å². The van der Waals surface area contributed by atoms with Crippen LogP contribution < -0.4 is 10.4 Å². The second kappa shape index (κ2) is 8.45. The van der Waals surface area contributed by atoms with Crippen LogP contribution >= 0.6 is 0 Å². The molecule has 0 saturated heterocycles. The second-order valence-electron chi connectivity index (χ2n) is 3.58. The van der Waals surface area contributed by atoms with E-state index in [1.165, 1.54) is 6.92 Å². The number of amides is 1. The number of carbonyl (C=O) groups excluding carboxylic acids is 1. The van der Waals surface area contributed by atoms with Crippen molar-refractivity contribution in [2.24, 2.45) is 0 Å². The zero-order chi connectivity index (χ0) is 12.7. The van der Waals surface area contributed by atoms with Crippen molar-refractivity contribution in [2.45, 2.75) is 13.8 Å². The maximum Gasteiger partial charge on any atom is 2.00 e. The van der Waals surface area contributed by atoms with Gasteiger partial charge in [0, 0.05) is 6.92 Å². The molecule has 4 heteroatoms. The summed E-state index contributed by atoms with van der Waals surface area (Å²) in [5.41, 5.74) is 1.66. The number of allylic oxidation sites excluding steroid dienone is 6. The maximum atomic E-state index is 10.5. The minimum absolute atomic E-state index is 0. The minimum Gasteiger partial charge on any atom is -0.875 e. The molecule has 1 aliphatic carbocycles. The fraction of sp³-hybridized carbons (Fsp3) is 0.143.